The van der Waals surface area contributed by atoms with Crippen molar-refractivity contribution in [3.05, 3.63) is 59.7 Å². The molecule has 3 N–H and O–H groups in total. The fourth-order valence-electron chi connectivity index (χ4n) is 5.42. The van der Waals surface area contributed by atoms with E-state index in [1.807, 2.05) is 24.3 Å². The van der Waals surface area contributed by atoms with Crippen LogP contribution in [-0.4, -0.2) is 42.3 Å². The first-order valence-corrected chi connectivity index (χ1v) is 12.6. The molecule has 35 heavy (non-hydrogen) atoms. The Morgan fingerprint density at radius 3 is 2.09 bits per heavy atom. The van der Waals surface area contributed by atoms with Gasteiger partial charge in [0.05, 0.1) is 5.92 Å². The molecule has 184 valence electrons. The quantitative estimate of drug-likeness (QED) is 0.474. The van der Waals surface area contributed by atoms with E-state index in [2.05, 4.69) is 34.9 Å². The van der Waals surface area contributed by atoms with Gasteiger partial charge < -0.3 is 20.5 Å². The predicted octanol–water partition coefficient (Wildman–Crippen LogP) is 4.31. The first-order chi connectivity index (χ1) is 17.0. The van der Waals surface area contributed by atoms with E-state index in [-0.39, 0.29) is 49.3 Å². The van der Waals surface area contributed by atoms with Gasteiger partial charge in [0, 0.05) is 24.9 Å². The molecule has 2 aromatic carbocycles. The number of carboxylic acids is 1. The van der Waals surface area contributed by atoms with Crippen LogP contribution in [-0.2, 0) is 14.3 Å². The number of carbonyl (C=O) groups is 3. The molecule has 0 bridgehead atoms. The summed E-state index contributed by atoms with van der Waals surface area (Å²) in [6.07, 6.45) is 4.39. The van der Waals surface area contributed by atoms with Crippen LogP contribution in [0.1, 0.15) is 55.6 Å². The summed E-state index contributed by atoms with van der Waals surface area (Å²) in [6.45, 7) is 0.367. The van der Waals surface area contributed by atoms with E-state index in [1.165, 1.54) is 11.1 Å². The number of rotatable bonds is 10. The summed E-state index contributed by atoms with van der Waals surface area (Å²) >= 11 is 0. The second kappa shape index (κ2) is 10.1. The molecule has 2 unspecified atom stereocenters. The number of carbonyl (C=O) groups excluding carboxylic acids is 2. The van der Waals surface area contributed by atoms with Crippen LogP contribution in [0.25, 0.3) is 11.1 Å². The van der Waals surface area contributed by atoms with Gasteiger partial charge in [-0.3, -0.25) is 9.59 Å². The number of benzene rings is 2. The van der Waals surface area contributed by atoms with Gasteiger partial charge in [0.2, 0.25) is 5.91 Å². The maximum Gasteiger partial charge on any atom is 0.407 e. The number of alkyl carbamates (subject to hydrolysis) is 1. The Bertz CT molecular complexity index is 1060. The zero-order chi connectivity index (χ0) is 24.4. The van der Waals surface area contributed by atoms with E-state index in [0.29, 0.717) is 0 Å². The molecule has 7 heteroatoms. The summed E-state index contributed by atoms with van der Waals surface area (Å²) < 4.78 is 5.65. The third-order valence-corrected chi connectivity index (χ3v) is 7.80. The van der Waals surface area contributed by atoms with Gasteiger partial charge in [0.25, 0.3) is 0 Å². The summed E-state index contributed by atoms with van der Waals surface area (Å²) in [4.78, 5) is 36.8. The molecule has 0 heterocycles. The number of amides is 2. The monoisotopic (exact) mass is 476 g/mol. The van der Waals surface area contributed by atoms with Crippen molar-refractivity contribution in [3.8, 4) is 11.1 Å². The maximum atomic E-state index is 12.7. The van der Waals surface area contributed by atoms with E-state index < -0.39 is 18.0 Å². The van der Waals surface area contributed by atoms with Gasteiger partial charge in [0.15, 0.2) is 0 Å². The van der Waals surface area contributed by atoms with E-state index in [0.717, 1.165) is 43.2 Å². The Labute approximate surface area is 205 Å². The third-order valence-electron chi connectivity index (χ3n) is 7.80. The lowest BCUT2D eigenvalue weighted by Crippen LogP contribution is -2.43. The minimum Gasteiger partial charge on any atom is -0.481 e. The highest BCUT2D eigenvalue weighted by Gasteiger charge is 2.36. The molecule has 7 nitrogen and oxygen atoms in total. The van der Waals surface area contributed by atoms with E-state index >= 15 is 0 Å². The van der Waals surface area contributed by atoms with Crippen LogP contribution in [0.4, 0.5) is 4.79 Å². The minimum absolute atomic E-state index is 0.0183. The smallest absolute Gasteiger partial charge is 0.407 e. The Morgan fingerprint density at radius 1 is 0.914 bits per heavy atom. The van der Waals surface area contributed by atoms with Crippen LogP contribution in [0.3, 0.4) is 0 Å². The Kier molecular flexibility index (Phi) is 6.75. The molecule has 2 atom stereocenters. The van der Waals surface area contributed by atoms with Crippen LogP contribution < -0.4 is 10.6 Å². The van der Waals surface area contributed by atoms with Gasteiger partial charge in [-0.15, -0.1) is 0 Å². The topological polar surface area (TPSA) is 105 Å². The number of aliphatic carboxylic acids is 1. The van der Waals surface area contributed by atoms with Crippen molar-refractivity contribution >= 4 is 18.0 Å². The van der Waals surface area contributed by atoms with Crippen LogP contribution >= 0.6 is 0 Å². The number of hydrogen-bond acceptors (Lipinski definition) is 4. The van der Waals surface area contributed by atoms with Crippen molar-refractivity contribution < 1.29 is 24.2 Å². The highest BCUT2D eigenvalue weighted by molar-refractivity contribution is 5.80. The normalized spacial score (nSPS) is 18.5. The van der Waals surface area contributed by atoms with E-state index in [4.69, 9.17) is 4.74 Å². The lowest BCUT2D eigenvalue weighted by molar-refractivity contribution is -0.144. The van der Waals surface area contributed by atoms with Gasteiger partial charge in [-0.1, -0.05) is 55.0 Å². The molecule has 0 saturated heterocycles. The van der Waals surface area contributed by atoms with Crippen LogP contribution in [0.2, 0.25) is 0 Å². The van der Waals surface area contributed by atoms with Crippen molar-refractivity contribution in [2.24, 2.45) is 17.8 Å². The molecule has 2 aromatic rings. The molecule has 0 aromatic heterocycles. The number of ether oxygens (including phenoxy) is 1. The molecule has 2 fully saturated rings. The molecule has 2 saturated carbocycles. The Morgan fingerprint density at radius 2 is 1.54 bits per heavy atom. The van der Waals surface area contributed by atoms with E-state index in [1.54, 1.807) is 0 Å². The van der Waals surface area contributed by atoms with E-state index in [9.17, 15) is 19.5 Å². The Hall–Kier alpha value is -3.35. The molecule has 0 radical (unpaired) electrons. The van der Waals surface area contributed by atoms with Crippen molar-refractivity contribution in [2.75, 3.05) is 13.2 Å². The van der Waals surface area contributed by atoms with Gasteiger partial charge in [-0.05, 0) is 59.8 Å². The fourth-order valence-corrected chi connectivity index (χ4v) is 5.42. The van der Waals surface area contributed by atoms with Crippen molar-refractivity contribution in [2.45, 2.75) is 50.5 Å². The average Bonchev–Trinajstić information content (AvgIpc) is 3.61. The molecule has 3 aliphatic rings. The number of hydrogen-bond donors (Lipinski definition) is 3. The van der Waals surface area contributed by atoms with Crippen LogP contribution in [0, 0.1) is 17.8 Å². The van der Waals surface area contributed by atoms with Gasteiger partial charge in [-0.2, -0.15) is 0 Å². The number of carboxylic acid groups (broad SMARTS) is 1. The lowest BCUT2D eigenvalue weighted by Gasteiger charge is -2.31. The largest absolute Gasteiger partial charge is 0.481 e. The molecule has 3 aliphatic carbocycles. The summed E-state index contributed by atoms with van der Waals surface area (Å²) in [7, 11) is 0. The highest BCUT2D eigenvalue weighted by Crippen LogP contribution is 2.44. The second-order valence-corrected chi connectivity index (χ2v) is 10.1. The van der Waals surface area contributed by atoms with Crippen LogP contribution in [0.5, 0.6) is 0 Å². The summed E-state index contributed by atoms with van der Waals surface area (Å²) in [5, 5.41) is 15.2. The third kappa shape index (κ3) is 5.19. The standard InChI is InChI=1S/C28H32N2O5/c31-26(29-15-23(27(32)33)17-6-5-7-17)14-25(18-12-13-18)30-28(34)35-16-24-21-10-3-1-8-19(21)20-9-2-4-11-22(20)24/h1-4,8-11,17-18,23-25H,5-7,12-16H2,(H,29,31)(H,30,34)(H,32,33). The summed E-state index contributed by atoms with van der Waals surface area (Å²) in [5.41, 5.74) is 4.65. The van der Waals surface area contributed by atoms with Gasteiger partial charge in [0.1, 0.15) is 6.61 Å². The molecular formula is C28H32N2O5. The SMILES string of the molecule is O=C(CC(NC(=O)OCC1c2ccccc2-c2ccccc21)C1CC1)NCC(C(=O)O)C1CCC1. The minimum atomic E-state index is -0.856. The molecular weight excluding hydrogens is 444 g/mol. The summed E-state index contributed by atoms with van der Waals surface area (Å²) in [5.74, 6) is -1.25. The average molecular weight is 477 g/mol. The second-order valence-electron chi connectivity index (χ2n) is 10.1. The molecule has 5 rings (SSSR count). The van der Waals surface area contributed by atoms with Gasteiger partial charge >= 0.3 is 12.1 Å². The zero-order valence-corrected chi connectivity index (χ0v) is 19.7. The molecule has 0 spiro atoms. The lowest BCUT2D eigenvalue weighted by atomic mass is 9.76. The van der Waals surface area contributed by atoms with Gasteiger partial charge in [-0.25, -0.2) is 4.79 Å². The summed E-state index contributed by atoms with van der Waals surface area (Å²) in [6, 6.07) is 16.1. The van der Waals surface area contributed by atoms with Crippen molar-refractivity contribution in [3.63, 3.8) is 0 Å². The fraction of sp³-hybridized carbons (Fsp3) is 0.464. The maximum absolute atomic E-state index is 12.7. The zero-order valence-electron chi connectivity index (χ0n) is 19.7. The van der Waals surface area contributed by atoms with Crippen LogP contribution in [0.15, 0.2) is 48.5 Å². The number of fused-ring (bicyclic) bond motifs is 3. The molecule has 0 aliphatic heterocycles. The number of nitrogens with one attached hydrogen (secondary N) is 2. The predicted molar refractivity (Wildman–Crippen MR) is 131 cm³/mol. The first kappa shape index (κ1) is 23.4. The first-order valence-electron chi connectivity index (χ1n) is 12.6. The van der Waals surface area contributed by atoms with Crippen molar-refractivity contribution in [1.82, 2.24) is 10.6 Å². The van der Waals surface area contributed by atoms with Crippen molar-refractivity contribution in [1.29, 1.82) is 0 Å². The Balaban J connectivity index is 1.14. The highest BCUT2D eigenvalue weighted by atomic mass is 16.5. The molecule has 2 amide bonds.